The van der Waals surface area contributed by atoms with Crippen molar-refractivity contribution in [1.82, 2.24) is 0 Å². The van der Waals surface area contributed by atoms with Gasteiger partial charge in [0.05, 0.1) is 32.0 Å². The van der Waals surface area contributed by atoms with Crippen molar-refractivity contribution in [1.29, 1.82) is 0 Å². The van der Waals surface area contributed by atoms with Gasteiger partial charge in [0.1, 0.15) is 5.75 Å². The molecule has 1 rings (SSSR count). The van der Waals surface area contributed by atoms with Crippen LogP contribution in [0.3, 0.4) is 0 Å². The van der Waals surface area contributed by atoms with Gasteiger partial charge in [0.2, 0.25) is 10.4 Å². The second-order valence-corrected chi connectivity index (χ2v) is 14.6. The molecule has 1 atom stereocenters. The smallest absolute Gasteiger partial charge is 0.726 e. The molecule has 0 radical (unpaired) electrons. The molecule has 53 heavy (non-hydrogen) atoms. The van der Waals surface area contributed by atoms with Crippen molar-refractivity contribution in [2.24, 2.45) is 0 Å². The maximum absolute atomic E-state index is 10.8. The minimum absolute atomic E-state index is 0. The van der Waals surface area contributed by atoms with Gasteiger partial charge in [0.25, 0.3) is 0 Å². The van der Waals surface area contributed by atoms with Crippen LogP contribution in [-0.2, 0) is 19.3 Å². The number of aliphatic hydroxyl groups excluding tert-OH is 3. The molecular formula is C41H79NaO10S. The molecule has 0 heterocycles. The van der Waals surface area contributed by atoms with Crippen LogP contribution >= 0.6 is 0 Å². The summed E-state index contributed by atoms with van der Waals surface area (Å²) in [5.41, 5.74) is 0.435. The number of hydrogen-bond donors (Lipinski definition) is 4. The molecule has 0 aliphatic rings. The number of benzene rings is 1. The molecule has 0 saturated heterocycles. The summed E-state index contributed by atoms with van der Waals surface area (Å²) in [6, 6.07) is 5.88. The van der Waals surface area contributed by atoms with E-state index in [-0.39, 0.29) is 48.5 Å². The molecule has 0 spiro atoms. The fourth-order valence-corrected chi connectivity index (χ4v) is 5.45. The number of phenolic OH excluding ortho intramolecular Hbond substituents is 1. The van der Waals surface area contributed by atoms with Crippen molar-refractivity contribution in [3.05, 3.63) is 29.8 Å². The molecule has 0 fully saturated rings. The third-order valence-electron chi connectivity index (χ3n) is 8.29. The molecule has 310 valence electrons. The number of rotatable bonds is 30. The summed E-state index contributed by atoms with van der Waals surface area (Å²) in [7, 11) is -3.17. The minimum atomic E-state index is -4.48. The standard InChI is InChI=1S/C18H38O.C12H26O4S.C8H8O3.C3H8O2.Na/c1-2-3-4-5-6-7-8-9-10-11-12-13-14-15-16-17-18-19;1-2-3-4-5-6-7-8-9-10-11-12-16-17(13,14)15;1-11-8(10)6-2-4-7(9)5-3-6;1-3(5)2-4;/h19H,2-18H2,1H3;2-12H2,1H3,(H,13,14,15);2-5,9H,1H3;3-5H,2H2,1H3;/q;;;;+1/p-1. The largest absolute Gasteiger partial charge is 1.00 e. The van der Waals surface area contributed by atoms with E-state index in [2.05, 4.69) is 22.8 Å². The zero-order valence-electron chi connectivity index (χ0n) is 34.5. The zero-order chi connectivity index (χ0) is 39.6. The first-order chi connectivity index (χ1) is 25.0. The number of carbonyl (C=O) groups excluding carboxylic acids is 1. The van der Waals surface area contributed by atoms with Gasteiger partial charge in [-0.15, -0.1) is 0 Å². The van der Waals surface area contributed by atoms with Crippen molar-refractivity contribution in [3.8, 4) is 5.75 Å². The van der Waals surface area contributed by atoms with E-state index in [1.165, 1.54) is 180 Å². The van der Waals surface area contributed by atoms with Crippen molar-refractivity contribution in [3.63, 3.8) is 0 Å². The molecular weight excluding hydrogens is 707 g/mol. The molecule has 0 aliphatic heterocycles. The van der Waals surface area contributed by atoms with E-state index in [1.807, 2.05) is 0 Å². The Labute approximate surface area is 347 Å². The van der Waals surface area contributed by atoms with Crippen LogP contribution in [-0.4, -0.2) is 72.4 Å². The van der Waals surface area contributed by atoms with Gasteiger partial charge in [-0.1, -0.05) is 168 Å². The van der Waals surface area contributed by atoms with Crippen LogP contribution in [0, 0.1) is 0 Å². The van der Waals surface area contributed by atoms with E-state index in [4.69, 9.17) is 20.4 Å². The topological polar surface area (TPSA) is 174 Å². The average molecular weight is 787 g/mol. The number of esters is 1. The molecule has 0 saturated carbocycles. The molecule has 0 amide bonds. The average Bonchev–Trinajstić information content (AvgIpc) is 3.12. The van der Waals surface area contributed by atoms with Crippen molar-refractivity contribution in [2.75, 3.05) is 26.9 Å². The summed E-state index contributed by atoms with van der Waals surface area (Å²) in [6.45, 7) is 6.29. The molecule has 0 aromatic heterocycles. The summed E-state index contributed by atoms with van der Waals surface area (Å²) < 4.78 is 38.9. The predicted molar refractivity (Wildman–Crippen MR) is 212 cm³/mol. The van der Waals surface area contributed by atoms with Crippen LogP contribution in [0.4, 0.5) is 0 Å². The number of unbranched alkanes of at least 4 members (excludes halogenated alkanes) is 24. The first-order valence-corrected chi connectivity index (χ1v) is 21.7. The third-order valence-corrected chi connectivity index (χ3v) is 8.75. The van der Waals surface area contributed by atoms with Crippen LogP contribution in [0.2, 0.25) is 0 Å². The van der Waals surface area contributed by atoms with Crippen LogP contribution < -0.4 is 29.6 Å². The van der Waals surface area contributed by atoms with Crippen molar-refractivity contribution in [2.45, 2.75) is 194 Å². The summed E-state index contributed by atoms with van der Waals surface area (Å²) in [5, 5.41) is 33.5. The quantitative estimate of drug-likeness (QED) is 0.0206. The van der Waals surface area contributed by atoms with Crippen LogP contribution in [0.5, 0.6) is 5.75 Å². The molecule has 1 aromatic rings. The minimum Gasteiger partial charge on any atom is -0.726 e. The number of aliphatic hydroxyl groups is 3. The Kier molecular flexibility index (Phi) is 52.7. The normalized spacial score (nSPS) is 11.1. The van der Waals surface area contributed by atoms with Gasteiger partial charge >= 0.3 is 35.5 Å². The zero-order valence-corrected chi connectivity index (χ0v) is 37.4. The summed E-state index contributed by atoms with van der Waals surface area (Å²) >= 11 is 0. The number of phenols is 1. The number of aromatic hydroxyl groups is 1. The van der Waals surface area contributed by atoms with E-state index in [1.54, 1.807) is 0 Å². The molecule has 1 unspecified atom stereocenters. The van der Waals surface area contributed by atoms with Crippen LogP contribution in [0.25, 0.3) is 0 Å². The third kappa shape index (κ3) is 55.7. The number of carbonyl (C=O) groups is 1. The Morgan fingerprint density at radius 1 is 0.642 bits per heavy atom. The monoisotopic (exact) mass is 787 g/mol. The summed E-state index contributed by atoms with van der Waals surface area (Å²) in [5.74, 6) is -0.261. The second-order valence-electron chi connectivity index (χ2n) is 13.5. The number of ether oxygens (including phenoxy) is 1. The molecule has 10 nitrogen and oxygen atoms in total. The van der Waals surface area contributed by atoms with E-state index in [0.717, 1.165) is 19.3 Å². The molecule has 4 N–H and O–H groups in total. The van der Waals surface area contributed by atoms with E-state index in [9.17, 15) is 17.8 Å². The molecule has 0 aliphatic carbocycles. The van der Waals surface area contributed by atoms with E-state index < -0.39 is 22.5 Å². The molecule has 1 aromatic carbocycles. The first kappa shape index (κ1) is 58.9. The van der Waals surface area contributed by atoms with Gasteiger partial charge in [-0.25, -0.2) is 13.2 Å². The maximum Gasteiger partial charge on any atom is 1.00 e. The van der Waals surface area contributed by atoms with Gasteiger partial charge in [-0.2, -0.15) is 0 Å². The summed E-state index contributed by atoms with van der Waals surface area (Å²) in [6.07, 6.45) is 33.3. The Morgan fingerprint density at radius 2 is 0.943 bits per heavy atom. The predicted octanol–water partition coefficient (Wildman–Crippen LogP) is 7.17. The van der Waals surface area contributed by atoms with Crippen LogP contribution in [0.15, 0.2) is 24.3 Å². The first-order valence-electron chi connectivity index (χ1n) is 20.4. The Morgan fingerprint density at radius 3 is 1.21 bits per heavy atom. The van der Waals surface area contributed by atoms with Gasteiger partial charge in [0.15, 0.2) is 0 Å². The Bertz CT molecular complexity index is 931. The van der Waals surface area contributed by atoms with E-state index >= 15 is 0 Å². The maximum atomic E-state index is 10.8. The van der Waals surface area contributed by atoms with Gasteiger partial charge in [-0.3, -0.25) is 4.18 Å². The second kappa shape index (κ2) is 47.4. The Balaban J connectivity index is -0.000000323. The fraction of sp³-hybridized carbons (Fsp3) is 0.829. The SMILES string of the molecule is CC(O)CO.CCCCCCCCCCCCCCCCCCO.CCCCCCCCCCCCOS(=O)(=O)[O-].COC(=O)c1ccc(O)cc1.[Na+]. The number of methoxy groups -OCH3 is 1. The van der Waals surface area contributed by atoms with E-state index in [0.29, 0.717) is 18.6 Å². The fourth-order valence-electron chi connectivity index (χ4n) is 5.13. The molecule has 12 heteroatoms. The summed E-state index contributed by atoms with van der Waals surface area (Å²) in [4.78, 5) is 10.8. The van der Waals surface area contributed by atoms with Crippen molar-refractivity contribution >= 4 is 16.4 Å². The van der Waals surface area contributed by atoms with Gasteiger partial charge in [0, 0.05) is 6.61 Å². The van der Waals surface area contributed by atoms with Crippen molar-refractivity contribution < 1.29 is 76.7 Å². The Hall–Kier alpha value is -0.760. The van der Waals surface area contributed by atoms with Gasteiger partial charge < -0.3 is 29.7 Å². The van der Waals surface area contributed by atoms with Crippen LogP contribution in [0.1, 0.15) is 198 Å². The van der Waals surface area contributed by atoms with Gasteiger partial charge in [-0.05, 0) is 44.0 Å². The number of hydrogen-bond acceptors (Lipinski definition) is 10. The molecule has 0 bridgehead atoms.